The second-order valence-corrected chi connectivity index (χ2v) is 7.66. The summed E-state index contributed by atoms with van der Waals surface area (Å²) in [5.41, 5.74) is 3.16. The monoisotopic (exact) mass is 398 g/mol. The maximum atomic E-state index is 12.5. The standard InChI is InChI=1S/C20H22N4O3S/c1-4-26-13-5-7-14(8-6-13)27-12(2)19(25)23-20-22-18-15-11-21-24(3)16(15)9-10-17(18)28-20/h5-8,11-12H,4,9-10H2,1-3H3,(H,22,23,25). The highest BCUT2D eigenvalue weighted by Crippen LogP contribution is 2.37. The van der Waals surface area contributed by atoms with Crippen LogP contribution in [-0.2, 0) is 24.7 Å². The van der Waals surface area contributed by atoms with Crippen LogP contribution in [0.15, 0.2) is 30.5 Å². The van der Waals surface area contributed by atoms with E-state index in [0.717, 1.165) is 29.8 Å². The summed E-state index contributed by atoms with van der Waals surface area (Å²) in [6.07, 6.45) is 3.04. The van der Waals surface area contributed by atoms with Gasteiger partial charge in [-0.25, -0.2) is 4.98 Å². The van der Waals surface area contributed by atoms with Crippen molar-refractivity contribution in [3.05, 3.63) is 41.0 Å². The molecule has 0 aliphatic heterocycles. The molecule has 146 valence electrons. The number of amides is 1. The predicted molar refractivity (Wildman–Crippen MR) is 108 cm³/mol. The van der Waals surface area contributed by atoms with Crippen LogP contribution in [0.1, 0.15) is 24.4 Å². The van der Waals surface area contributed by atoms with E-state index in [4.69, 9.17) is 9.47 Å². The Labute approximate surface area is 167 Å². The average Bonchev–Trinajstić information content (AvgIpc) is 3.26. The van der Waals surface area contributed by atoms with Crippen molar-refractivity contribution >= 4 is 22.4 Å². The van der Waals surface area contributed by atoms with E-state index in [1.165, 1.54) is 21.9 Å². The summed E-state index contributed by atoms with van der Waals surface area (Å²) in [5.74, 6) is 1.16. The van der Waals surface area contributed by atoms with Gasteiger partial charge < -0.3 is 9.47 Å². The fraction of sp³-hybridized carbons (Fsp3) is 0.350. The fourth-order valence-electron chi connectivity index (χ4n) is 3.22. The third kappa shape index (κ3) is 3.60. The number of carbonyl (C=O) groups is 1. The molecule has 0 fully saturated rings. The number of aromatic nitrogens is 3. The largest absolute Gasteiger partial charge is 0.494 e. The van der Waals surface area contributed by atoms with Crippen LogP contribution in [0.25, 0.3) is 11.3 Å². The number of hydrogen-bond acceptors (Lipinski definition) is 6. The quantitative estimate of drug-likeness (QED) is 0.688. The van der Waals surface area contributed by atoms with Gasteiger partial charge in [-0.1, -0.05) is 0 Å². The molecule has 0 bridgehead atoms. The van der Waals surface area contributed by atoms with Gasteiger partial charge in [0, 0.05) is 23.2 Å². The zero-order valence-electron chi connectivity index (χ0n) is 16.1. The smallest absolute Gasteiger partial charge is 0.266 e. The molecule has 2 aromatic heterocycles. The van der Waals surface area contributed by atoms with Crippen molar-refractivity contribution in [2.45, 2.75) is 32.8 Å². The SMILES string of the molecule is CCOc1ccc(OC(C)C(=O)Nc2nc3c(s2)CCc2c-3cnn2C)cc1. The Kier molecular flexibility index (Phi) is 5.04. The Morgan fingerprint density at radius 2 is 2.04 bits per heavy atom. The highest BCUT2D eigenvalue weighted by Gasteiger charge is 2.25. The molecule has 0 saturated heterocycles. The molecule has 1 aliphatic carbocycles. The molecule has 3 aromatic rings. The molecule has 2 heterocycles. The summed E-state index contributed by atoms with van der Waals surface area (Å²) in [6.45, 7) is 4.26. The van der Waals surface area contributed by atoms with Crippen LogP contribution >= 0.6 is 11.3 Å². The lowest BCUT2D eigenvalue weighted by atomic mass is 10.0. The topological polar surface area (TPSA) is 78.3 Å². The number of rotatable bonds is 6. The van der Waals surface area contributed by atoms with Crippen LogP contribution in [0.2, 0.25) is 0 Å². The van der Waals surface area contributed by atoms with Crippen molar-refractivity contribution in [3.63, 3.8) is 0 Å². The zero-order valence-corrected chi connectivity index (χ0v) is 16.9. The third-order valence-electron chi connectivity index (χ3n) is 4.65. The Hall–Kier alpha value is -2.87. The molecule has 4 rings (SSSR count). The van der Waals surface area contributed by atoms with Crippen LogP contribution in [0, 0.1) is 0 Å². The molecular weight excluding hydrogens is 376 g/mol. The van der Waals surface area contributed by atoms with E-state index in [9.17, 15) is 4.79 Å². The molecule has 8 heteroatoms. The molecule has 28 heavy (non-hydrogen) atoms. The molecule has 1 unspecified atom stereocenters. The minimum Gasteiger partial charge on any atom is -0.494 e. The van der Waals surface area contributed by atoms with Gasteiger partial charge in [0.2, 0.25) is 0 Å². The third-order valence-corrected chi connectivity index (χ3v) is 5.68. The number of nitrogens with zero attached hydrogens (tertiary/aromatic N) is 3. The van der Waals surface area contributed by atoms with Crippen LogP contribution < -0.4 is 14.8 Å². The first-order chi connectivity index (χ1) is 13.5. The predicted octanol–water partition coefficient (Wildman–Crippen LogP) is 3.45. The van der Waals surface area contributed by atoms with E-state index in [1.807, 2.05) is 37.0 Å². The van der Waals surface area contributed by atoms with Gasteiger partial charge in [-0.2, -0.15) is 5.10 Å². The van der Waals surface area contributed by atoms with Crippen molar-refractivity contribution < 1.29 is 14.3 Å². The average molecular weight is 398 g/mol. The van der Waals surface area contributed by atoms with Gasteiger partial charge in [0.15, 0.2) is 11.2 Å². The lowest BCUT2D eigenvalue weighted by Crippen LogP contribution is -2.30. The second kappa shape index (κ2) is 7.63. The van der Waals surface area contributed by atoms with Crippen LogP contribution in [0.4, 0.5) is 5.13 Å². The summed E-state index contributed by atoms with van der Waals surface area (Å²) in [4.78, 5) is 18.3. The normalized spacial score (nSPS) is 13.4. The summed E-state index contributed by atoms with van der Waals surface area (Å²) in [7, 11) is 1.94. The van der Waals surface area contributed by atoms with Gasteiger partial charge in [0.1, 0.15) is 11.5 Å². The van der Waals surface area contributed by atoms with E-state index in [0.29, 0.717) is 17.5 Å². The van der Waals surface area contributed by atoms with Crippen LogP contribution in [-0.4, -0.2) is 33.4 Å². The molecule has 1 N–H and O–H groups in total. The summed E-state index contributed by atoms with van der Waals surface area (Å²) < 4.78 is 13.0. The van der Waals surface area contributed by atoms with Gasteiger partial charge in [0.05, 0.1) is 18.5 Å². The van der Waals surface area contributed by atoms with E-state index in [2.05, 4.69) is 15.4 Å². The number of anilines is 1. The summed E-state index contributed by atoms with van der Waals surface area (Å²) in [5, 5.41) is 7.80. The molecule has 1 aromatic carbocycles. The molecule has 0 radical (unpaired) electrons. The molecule has 0 spiro atoms. The first-order valence-electron chi connectivity index (χ1n) is 9.26. The number of aryl methyl sites for hydroxylation is 2. The van der Waals surface area contributed by atoms with Crippen molar-refractivity contribution in [3.8, 4) is 22.8 Å². The summed E-state index contributed by atoms with van der Waals surface area (Å²) in [6, 6.07) is 7.23. The Morgan fingerprint density at radius 1 is 1.29 bits per heavy atom. The van der Waals surface area contributed by atoms with Gasteiger partial charge in [0.25, 0.3) is 5.91 Å². The number of nitrogens with one attached hydrogen (secondary N) is 1. The second-order valence-electron chi connectivity index (χ2n) is 6.57. The maximum Gasteiger partial charge on any atom is 0.266 e. The number of thiazole rings is 1. The van der Waals surface area contributed by atoms with Crippen molar-refractivity contribution in [1.29, 1.82) is 0 Å². The Bertz CT molecular complexity index is 994. The van der Waals surface area contributed by atoms with Gasteiger partial charge in [-0.15, -0.1) is 11.3 Å². The number of ether oxygens (including phenoxy) is 2. The Morgan fingerprint density at radius 3 is 2.79 bits per heavy atom. The van der Waals surface area contributed by atoms with Crippen LogP contribution in [0.5, 0.6) is 11.5 Å². The Balaban J connectivity index is 1.42. The van der Waals surface area contributed by atoms with Crippen molar-refractivity contribution in [1.82, 2.24) is 14.8 Å². The highest BCUT2D eigenvalue weighted by atomic mass is 32.1. The molecule has 1 atom stereocenters. The van der Waals surface area contributed by atoms with Crippen LogP contribution in [0.3, 0.4) is 0 Å². The van der Waals surface area contributed by atoms with Gasteiger partial charge in [-0.3, -0.25) is 14.8 Å². The summed E-state index contributed by atoms with van der Waals surface area (Å²) >= 11 is 1.52. The lowest BCUT2D eigenvalue weighted by Gasteiger charge is -2.14. The highest BCUT2D eigenvalue weighted by molar-refractivity contribution is 7.16. The maximum absolute atomic E-state index is 12.5. The molecule has 1 aliphatic rings. The minimum atomic E-state index is -0.646. The number of fused-ring (bicyclic) bond motifs is 3. The van der Waals surface area contributed by atoms with Crippen molar-refractivity contribution in [2.24, 2.45) is 7.05 Å². The molecule has 7 nitrogen and oxygen atoms in total. The lowest BCUT2D eigenvalue weighted by molar-refractivity contribution is -0.122. The number of hydrogen-bond donors (Lipinski definition) is 1. The fourth-order valence-corrected chi connectivity index (χ4v) is 4.20. The first-order valence-corrected chi connectivity index (χ1v) is 10.1. The van der Waals surface area contributed by atoms with E-state index in [1.54, 1.807) is 19.1 Å². The van der Waals surface area contributed by atoms with Gasteiger partial charge >= 0.3 is 0 Å². The molecule has 1 amide bonds. The van der Waals surface area contributed by atoms with Crippen molar-refractivity contribution in [2.75, 3.05) is 11.9 Å². The zero-order chi connectivity index (χ0) is 19.7. The molecule has 0 saturated carbocycles. The van der Waals surface area contributed by atoms with E-state index < -0.39 is 6.10 Å². The number of carbonyl (C=O) groups excluding carboxylic acids is 1. The van der Waals surface area contributed by atoms with Gasteiger partial charge in [-0.05, 0) is 51.0 Å². The van der Waals surface area contributed by atoms with E-state index in [-0.39, 0.29) is 5.91 Å². The minimum absolute atomic E-state index is 0.230. The van der Waals surface area contributed by atoms with E-state index >= 15 is 0 Å². The first kappa shape index (κ1) is 18.5. The number of benzene rings is 1. The molecular formula is C20H22N4O3S.